The van der Waals surface area contributed by atoms with Crippen molar-refractivity contribution in [1.82, 2.24) is 5.32 Å². The molecule has 0 aliphatic carbocycles. The van der Waals surface area contributed by atoms with Crippen LogP contribution in [0.25, 0.3) is 0 Å². The average molecular weight is 287 g/mol. The molecule has 0 saturated heterocycles. The Bertz CT molecular complexity index is 430. The van der Waals surface area contributed by atoms with E-state index in [1.54, 1.807) is 18.2 Å². The Kier molecular flexibility index (Phi) is 5.74. The zero-order valence-corrected chi connectivity index (χ0v) is 12.7. The molecule has 0 saturated carbocycles. The minimum absolute atomic E-state index is 0.0859. The summed E-state index contributed by atoms with van der Waals surface area (Å²) in [6.07, 6.45) is 0. The molecule has 0 heterocycles. The lowest BCUT2D eigenvalue weighted by atomic mass is 9.88. The smallest absolute Gasteiger partial charge is 0.387 e. The second-order valence-electron chi connectivity index (χ2n) is 5.80. The maximum atomic E-state index is 12.5. The monoisotopic (exact) mass is 287 g/mol. The molecular weight excluding hydrogens is 264 g/mol. The normalized spacial score (nSPS) is 13.4. The van der Waals surface area contributed by atoms with Gasteiger partial charge in [0.1, 0.15) is 0 Å². The average Bonchev–Trinajstić information content (AvgIpc) is 2.35. The largest absolute Gasteiger partial charge is 0.493 e. The molecule has 0 spiro atoms. The van der Waals surface area contributed by atoms with Crippen LogP contribution in [-0.2, 0) is 6.54 Å². The van der Waals surface area contributed by atoms with Crippen LogP contribution in [0.2, 0.25) is 0 Å². The van der Waals surface area contributed by atoms with Gasteiger partial charge in [0.2, 0.25) is 0 Å². The van der Waals surface area contributed by atoms with Gasteiger partial charge >= 0.3 is 6.61 Å². The number of methoxy groups -OCH3 is 1. The van der Waals surface area contributed by atoms with E-state index in [4.69, 9.17) is 4.74 Å². The predicted molar refractivity (Wildman–Crippen MR) is 75.4 cm³/mol. The molecule has 5 heteroatoms. The first-order valence-electron chi connectivity index (χ1n) is 6.59. The number of rotatable bonds is 6. The third-order valence-electron chi connectivity index (χ3n) is 3.39. The fourth-order valence-electron chi connectivity index (χ4n) is 1.65. The highest BCUT2D eigenvalue weighted by Crippen LogP contribution is 2.32. The zero-order chi connectivity index (χ0) is 15.3. The van der Waals surface area contributed by atoms with Crippen LogP contribution in [0.3, 0.4) is 0 Å². The number of halogens is 2. The van der Waals surface area contributed by atoms with Crippen molar-refractivity contribution in [1.29, 1.82) is 0 Å². The molecule has 0 amide bonds. The van der Waals surface area contributed by atoms with Gasteiger partial charge in [-0.1, -0.05) is 32.9 Å². The first-order chi connectivity index (χ1) is 9.25. The Morgan fingerprint density at radius 3 is 2.40 bits per heavy atom. The van der Waals surface area contributed by atoms with Crippen molar-refractivity contribution >= 4 is 0 Å². The lowest BCUT2D eigenvalue weighted by Gasteiger charge is -2.28. The summed E-state index contributed by atoms with van der Waals surface area (Å²) in [5.74, 6) is 0.409. The second-order valence-corrected chi connectivity index (χ2v) is 5.80. The Morgan fingerprint density at radius 2 is 1.90 bits per heavy atom. The van der Waals surface area contributed by atoms with Gasteiger partial charge in [-0.05, 0) is 18.4 Å². The van der Waals surface area contributed by atoms with Crippen molar-refractivity contribution in [2.45, 2.75) is 46.9 Å². The molecule has 3 nitrogen and oxygen atoms in total. The van der Waals surface area contributed by atoms with E-state index < -0.39 is 6.61 Å². The van der Waals surface area contributed by atoms with E-state index in [1.165, 1.54) is 7.11 Å². The van der Waals surface area contributed by atoms with E-state index in [1.807, 2.05) is 0 Å². The SMILES string of the molecule is COc1cccc(CNC(C)C(C)(C)C)c1OC(F)F. The van der Waals surface area contributed by atoms with E-state index in [-0.39, 0.29) is 17.2 Å². The Hall–Kier alpha value is -1.36. The Balaban J connectivity index is 2.88. The minimum atomic E-state index is -2.87. The van der Waals surface area contributed by atoms with Gasteiger partial charge in [0.05, 0.1) is 7.11 Å². The van der Waals surface area contributed by atoms with Crippen molar-refractivity contribution in [3.63, 3.8) is 0 Å². The van der Waals surface area contributed by atoms with E-state index in [9.17, 15) is 8.78 Å². The molecule has 0 aliphatic rings. The van der Waals surface area contributed by atoms with Gasteiger partial charge in [0, 0.05) is 18.2 Å². The molecule has 114 valence electrons. The van der Waals surface area contributed by atoms with Gasteiger partial charge in [-0.15, -0.1) is 0 Å². The number of para-hydroxylation sites is 1. The summed E-state index contributed by atoms with van der Waals surface area (Å²) in [5.41, 5.74) is 0.739. The van der Waals surface area contributed by atoms with Crippen LogP contribution in [0.15, 0.2) is 18.2 Å². The first-order valence-corrected chi connectivity index (χ1v) is 6.59. The van der Waals surface area contributed by atoms with Crippen LogP contribution in [-0.4, -0.2) is 19.8 Å². The molecule has 0 fully saturated rings. The maximum Gasteiger partial charge on any atom is 0.387 e. The lowest BCUT2D eigenvalue weighted by molar-refractivity contribution is -0.0519. The molecular formula is C15H23F2NO2. The number of ether oxygens (including phenoxy) is 2. The van der Waals surface area contributed by atoms with Crippen molar-refractivity contribution in [3.8, 4) is 11.5 Å². The van der Waals surface area contributed by atoms with Gasteiger partial charge in [-0.3, -0.25) is 0 Å². The highest BCUT2D eigenvalue weighted by Gasteiger charge is 2.21. The summed E-state index contributed by atoms with van der Waals surface area (Å²) >= 11 is 0. The number of hydrogen-bond donors (Lipinski definition) is 1. The topological polar surface area (TPSA) is 30.5 Å². The van der Waals surface area contributed by atoms with Crippen molar-refractivity contribution in [3.05, 3.63) is 23.8 Å². The van der Waals surface area contributed by atoms with Gasteiger partial charge in [-0.25, -0.2) is 0 Å². The predicted octanol–water partition coefficient (Wildman–Crippen LogP) is 3.82. The summed E-state index contributed by atoms with van der Waals surface area (Å²) in [6.45, 7) is 5.99. The number of hydrogen-bond acceptors (Lipinski definition) is 3. The highest BCUT2D eigenvalue weighted by atomic mass is 19.3. The van der Waals surface area contributed by atoms with Gasteiger partial charge < -0.3 is 14.8 Å². The molecule has 20 heavy (non-hydrogen) atoms. The number of nitrogens with one attached hydrogen (secondary N) is 1. The highest BCUT2D eigenvalue weighted by molar-refractivity contribution is 5.46. The molecule has 1 aromatic carbocycles. The molecule has 1 atom stereocenters. The fraction of sp³-hybridized carbons (Fsp3) is 0.600. The summed E-state index contributed by atoms with van der Waals surface area (Å²) in [4.78, 5) is 0. The van der Waals surface area contributed by atoms with Crippen molar-refractivity contribution in [2.24, 2.45) is 5.41 Å². The van der Waals surface area contributed by atoms with E-state index in [0.29, 0.717) is 17.9 Å². The standard InChI is InChI=1S/C15H23F2NO2/c1-10(15(2,3)4)18-9-11-7-6-8-12(19-5)13(11)20-14(16)17/h6-8,10,14,18H,9H2,1-5H3. The van der Waals surface area contributed by atoms with Crippen LogP contribution in [0, 0.1) is 5.41 Å². The quantitative estimate of drug-likeness (QED) is 0.862. The van der Waals surface area contributed by atoms with Gasteiger partial charge in [0.15, 0.2) is 11.5 Å². The Labute approximate surface area is 119 Å². The van der Waals surface area contributed by atoms with Crippen LogP contribution in [0.5, 0.6) is 11.5 Å². The van der Waals surface area contributed by atoms with E-state index in [2.05, 4.69) is 37.7 Å². The zero-order valence-electron chi connectivity index (χ0n) is 12.7. The molecule has 0 aromatic heterocycles. The van der Waals surface area contributed by atoms with E-state index in [0.717, 1.165) is 0 Å². The summed E-state index contributed by atoms with van der Waals surface area (Å²) in [6, 6.07) is 5.35. The second kappa shape index (κ2) is 6.88. The van der Waals surface area contributed by atoms with E-state index >= 15 is 0 Å². The third-order valence-corrected chi connectivity index (χ3v) is 3.39. The van der Waals surface area contributed by atoms with Crippen LogP contribution in [0.4, 0.5) is 8.78 Å². The van der Waals surface area contributed by atoms with Crippen LogP contribution < -0.4 is 14.8 Å². The summed E-state index contributed by atoms with van der Waals surface area (Å²) in [5, 5.41) is 3.32. The molecule has 0 bridgehead atoms. The summed E-state index contributed by atoms with van der Waals surface area (Å²) in [7, 11) is 1.43. The van der Waals surface area contributed by atoms with Crippen molar-refractivity contribution in [2.75, 3.05) is 7.11 Å². The maximum absolute atomic E-state index is 12.5. The molecule has 1 unspecified atom stereocenters. The molecule has 1 rings (SSSR count). The van der Waals surface area contributed by atoms with Crippen LogP contribution in [0.1, 0.15) is 33.3 Å². The van der Waals surface area contributed by atoms with Gasteiger partial charge in [0.25, 0.3) is 0 Å². The minimum Gasteiger partial charge on any atom is -0.493 e. The lowest BCUT2D eigenvalue weighted by Crippen LogP contribution is -2.37. The molecule has 1 N–H and O–H groups in total. The van der Waals surface area contributed by atoms with Gasteiger partial charge in [-0.2, -0.15) is 8.78 Å². The molecule has 0 radical (unpaired) electrons. The van der Waals surface area contributed by atoms with Crippen LogP contribution >= 0.6 is 0 Å². The fourth-order valence-corrected chi connectivity index (χ4v) is 1.65. The molecule has 0 aliphatic heterocycles. The number of alkyl halides is 2. The summed E-state index contributed by atoms with van der Waals surface area (Å²) < 4.78 is 34.7. The Morgan fingerprint density at radius 1 is 1.25 bits per heavy atom. The first kappa shape index (κ1) is 16.7. The van der Waals surface area contributed by atoms with Crippen molar-refractivity contribution < 1.29 is 18.3 Å². The number of benzene rings is 1. The third kappa shape index (κ3) is 4.63. The molecule has 1 aromatic rings.